The second kappa shape index (κ2) is 4.09. The number of nitrogens with zero attached hydrogens (tertiary/aromatic N) is 1. The maximum Gasteiger partial charge on any atom is 0.210 e. The van der Waals surface area contributed by atoms with Crippen LogP contribution in [0.25, 0.3) is 10.8 Å². The molecular weight excluding hydrogens is 234 g/mol. The van der Waals surface area contributed by atoms with Crippen molar-refractivity contribution in [1.82, 2.24) is 4.98 Å². The van der Waals surface area contributed by atoms with Crippen LogP contribution in [0.5, 0.6) is 5.75 Å². The Labute approximate surface area is 111 Å². The van der Waals surface area contributed by atoms with Gasteiger partial charge in [-0.3, -0.25) is 4.98 Å². The Morgan fingerprint density at radius 3 is 2.79 bits per heavy atom. The lowest BCUT2D eigenvalue weighted by atomic mass is 9.94. The Hall–Kier alpha value is -2.35. The zero-order valence-electron chi connectivity index (χ0n) is 10.2. The number of aromatic nitrogens is 1. The molecule has 2 nitrogen and oxygen atoms in total. The van der Waals surface area contributed by atoms with Crippen molar-refractivity contribution in [2.45, 2.75) is 5.92 Å². The average molecular weight is 245 g/mol. The average Bonchev–Trinajstić information content (AvgIpc) is 2.90. The van der Waals surface area contributed by atoms with E-state index in [0.29, 0.717) is 0 Å². The smallest absolute Gasteiger partial charge is 0.210 e. The van der Waals surface area contributed by atoms with Gasteiger partial charge >= 0.3 is 0 Å². The first-order valence-electron chi connectivity index (χ1n) is 6.28. The first-order chi connectivity index (χ1) is 9.43. The molecule has 1 aliphatic heterocycles. The van der Waals surface area contributed by atoms with E-state index in [9.17, 15) is 0 Å². The summed E-state index contributed by atoms with van der Waals surface area (Å²) in [5, 5.41) is 2.35. The first kappa shape index (κ1) is 10.6. The SMILES string of the molecule is [C]1Oc2ccccc2C1c1nccc2ccccc12. The molecule has 4 rings (SSSR count). The summed E-state index contributed by atoms with van der Waals surface area (Å²) < 4.78 is 5.52. The molecule has 0 amide bonds. The Kier molecular flexibility index (Phi) is 2.27. The summed E-state index contributed by atoms with van der Waals surface area (Å²) in [5.41, 5.74) is 2.13. The number of para-hydroxylation sites is 1. The maximum absolute atomic E-state index is 5.52. The van der Waals surface area contributed by atoms with E-state index in [4.69, 9.17) is 4.74 Å². The fraction of sp³-hybridized carbons (Fsp3) is 0.0588. The molecule has 1 unspecified atom stereocenters. The van der Waals surface area contributed by atoms with Gasteiger partial charge in [-0.1, -0.05) is 42.5 Å². The second-order valence-corrected chi connectivity index (χ2v) is 4.61. The molecule has 3 aromatic rings. The lowest BCUT2D eigenvalue weighted by Gasteiger charge is -2.10. The molecule has 0 fully saturated rings. The maximum atomic E-state index is 5.52. The molecular formula is C17H11NO. The van der Waals surface area contributed by atoms with Crippen LogP contribution in [-0.4, -0.2) is 4.98 Å². The molecule has 90 valence electrons. The molecule has 0 bridgehead atoms. The van der Waals surface area contributed by atoms with Crippen molar-refractivity contribution in [3.63, 3.8) is 0 Å². The summed E-state index contributed by atoms with van der Waals surface area (Å²) >= 11 is 0. The largest absolute Gasteiger partial charge is 0.477 e. The van der Waals surface area contributed by atoms with Crippen LogP contribution in [0, 0.1) is 6.61 Å². The Bertz CT molecular complexity index is 746. The van der Waals surface area contributed by atoms with Gasteiger partial charge in [0.25, 0.3) is 0 Å². The number of hydrogen-bond donors (Lipinski definition) is 0. The van der Waals surface area contributed by atoms with Gasteiger partial charge in [-0.05, 0) is 17.5 Å². The molecule has 2 heterocycles. The van der Waals surface area contributed by atoms with Crippen molar-refractivity contribution < 1.29 is 4.74 Å². The molecule has 1 aliphatic rings. The van der Waals surface area contributed by atoms with Gasteiger partial charge in [0.15, 0.2) is 0 Å². The highest BCUT2D eigenvalue weighted by atomic mass is 16.5. The quantitative estimate of drug-likeness (QED) is 0.650. The summed E-state index contributed by atoms with van der Waals surface area (Å²) in [6.07, 6.45) is 1.85. The van der Waals surface area contributed by atoms with Crippen molar-refractivity contribution in [2.75, 3.05) is 0 Å². The Morgan fingerprint density at radius 1 is 0.947 bits per heavy atom. The number of benzene rings is 2. The standard InChI is InChI=1S/C17H11NO/c1-2-6-13-12(5-1)9-10-18-17(13)15-11-19-16-8-4-3-7-14(15)16/h1-10,15H. The van der Waals surface area contributed by atoms with Crippen molar-refractivity contribution in [1.29, 1.82) is 0 Å². The van der Waals surface area contributed by atoms with Crippen LogP contribution in [0.2, 0.25) is 0 Å². The monoisotopic (exact) mass is 245 g/mol. The zero-order valence-corrected chi connectivity index (χ0v) is 10.2. The van der Waals surface area contributed by atoms with E-state index in [-0.39, 0.29) is 5.92 Å². The minimum absolute atomic E-state index is 0.0118. The first-order valence-corrected chi connectivity index (χ1v) is 6.28. The summed E-state index contributed by atoms with van der Waals surface area (Å²) in [4.78, 5) is 4.55. The van der Waals surface area contributed by atoms with Gasteiger partial charge in [0.2, 0.25) is 6.61 Å². The molecule has 0 spiro atoms. The highest BCUT2D eigenvalue weighted by Crippen LogP contribution is 2.41. The molecule has 0 saturated carbocycles. The summed E-state index contributed by atoms with van der Waals surface area (Å²) in [6.45, 7) is 3.07. The third kappa shape index (κ3) is 1.60. The van der Waals surface area contributed by atoms with Crippen LogP contribution < -0.4 is 4.74 Å². The number of rotatable bonds is 1. The summed E-state index contributed by atoms with van der Waals surface area (Å²) in [6, 6.07) is 18.3. The van der Waals surface area contributed by atoms with Gasteiger partial charge in [0.1, 0.15) is 5.75 Å². The molecule has 0 aliphatic carbocycles. The van der Waals surface area contributed by atoms with E-state index < -0.39 is 0 Å². The van der Waals surface area contributed by atoms with Gasteiger partial charge in [-0.15, -0.1) is 0 Å². The van der Waals surface area contributed by atoms with Crippen LogP contribution in [0.4, 0.5) is 0 Å². The van der Waals surface area contributed by atoms with Crippen molar-refractivity contribution in [3.05, 3.63) is 78.7 Å². The highest BCUT2D eigenvalue weighted by molar-refractivity contribution is 5.85. The van der Waals surface area contributed by atoms with Crippen LogP contribution in [0.15, 0.2) is 60.8 Å². The van der Waals surface area contributed by atoms with E-state index in [1.54, 1.807) is 0 Å². The predicted octanol–water partition coefficient (Wildman–Crippen LogP) is 3.80. The van der Waals surface area contributed by atoms with E-state index in [1.165, 1.54) is 5.39 Å². The molecule has 2 radical (unpaired) electrons. The fourth-order valence-electron chi connectivity index (χ4n) is 2.57. The third-order valence-corrected chi connectivity index (χ3v) is 3.49. The number of ether oxygens (including phenoxy) is 1. The van der Waals surface area contributed by atoms with Crippen molar-refractivity contribution in [3.8, 4) is 5.75 Å². The zero-order chi connectivity index (χ0) is 12.7. The fourth-order valence-corrected chi connectivity index (χ4v) is 2.57. The number of pyridine rings is 1. The van der Waals surface area contributed by atoms with Gasteiger partial charge in [-0.2, -0.15) is 0 Å². The number of fused-ring (bicyclic) bond motifs is 2. The van der Waals surface area contributed by atoms with Crippen LogP contribution in [0.1, 0.15) is 17.2 Å². The number of hydrogen-bond acceptors (Lipinski definition) is 2. The Balaban J connectivity index is 1.93. The summed E-state index contributed by atoms with van der Waals surface area (Å²) in [5.74, 6) is 0.865. The lowest BCUT2D eigenvalue weighted by molar-refractivity contribution is 0.424. The molecule has 2 aromatic carbocycles. The lowest BCUT2D eigenvalue weighted by Crippen LogP contribution is -2.01. The van der Waals surface area contributed by atoms with Gasteiger partial charge < -0.3 is 4.74 Å². The van der Waals surface area contributed by atoms with E-state index in [0.717, 1.165) is 22.4 Å². The minimum Gasteiger partial charge on any atom is -0.477 e. The van der Waals surface area contributed by atoms with Crippen molar-refractivity contribution >= 4 is 10.8 Å². The summed E-state index contributed by atoms with van der Waals surface area (Å²) in [7, 11) is 0. The van der Waals surface area contributed by atoms with E-state index in [1.807, 2.05) is 42.6 Å². The van der Waals surface area contributed by atoms with Gasteiger partial charge in [0.05, 0.1) is 11.6 Å². The molecule has 0 saturated heterocycles. The van der Waals surface area contributed by atoms with Gasteiger partial charge in [0, 0.05) is 17.1 Å². The second-order valence-electron chi connectivity index (χ2n) is 4.61. The van der Waals surface area contributed by atoms with E-state index >= 15 is 0 Å². The predicted molar refractivity (Wildman–Crippen MR) is 73.9 cm³/mol. The van der Waals surface area contributed by atoms with Crippen LogP contribution in [0.3, 0.4) is 0 Å². The van der Waals surface area contributed by atoms with Crippen molar-refractivity contribution in [2.24, 2.45) is 0 Å². The highest BCUT2D eigenvalue weighted by Gasteiger charge is 2.29. The third-order valence-electron chi connectivity index (χ3n) is 3.49. The normalized spacial score (nSPS) is 17.2. The van der Waals surface area contributed by atoms with Gasteiger partial charge in [-0.25, -0.2) is 0 Å². The molecule has 2 heteroatoms. The van der Waals surface area contributed by atoms with Crippen LogP contribution >= 0.6 is 0 Å². The molecule has 19 heavy (non-hydrogen) atoms. The Morgan fingerprint density at radius 2 is 1.79 bits per heavy atom. The minimum atomic E-state index is -0.0118. The molecule has 1 atom stereocenters. The topological polar surface area (TPSA) is 22.1 Å². The van der Waals surface area contributed by atoms with E-state index in [2.05, 4.69) is 29.8 Å². The van der Waals surface area contributed by atoms with Crippen LogP contribution in [-0.2, 0) is 0 Å². The molecule has 0 N–H and O–H groups in total. The molecule has 1 aromatic heterocycles.